The van der Waals surface area contributed by atoms with Crippen molar-refractivity contribution in [2.24, 2.45) is 11.8 Å². The molecule has 1 aromatic heterocycles. The Balaban J connectivity index is 1.28. The molecule has 2 aromatic carbocycles. The topological polar surface area (TPSA) is 129 Å². The molecule has 14 heteroatoms. The summed E-state index contributed by atoms with van der Waals surface area (Å²) in [6.07, 6.45) is 7.87. The van der Waals surface area contributed by atoms with Gasteiger partial charge in [0.25, 0.3) is 0 Å². The number of morpholine rings is 1. The van der Waals surface area contributed by atoms with Crippen LogP contribution in [-0.4, -0.2) is 83.3 Å². The van der Waals surface area contributed by atoms with E-state index >= 15 is 0 Å². The monoisotopic (exact) mass is 734 g/mol. The van der Waals surface area contributed by atoms with E-state index in [0.29, 0.717) is 77.4 Å². The highest BCUT2D eigenvalue weighted by Crippen LogP contribution is 2.38. The predicted octanol–water partition coefficient (Wildman–Crippen LogP) is 5.33. The molecule has 2 heterocycles. The van der Waals surface area contributed by atoms with E-state index in [-0.39, 0.29) is 30.0 Å². The largest absolute Gasteiger partial charge is 0.504 e. The van der Waals surface area contributed by atoms with Crippen molar-refractivity contribution in [3.05, 3.63) is 75.5 Å². The summed E-state index contributed by atoms with van der Waals surface area (Å²) in [4.78, 5) is 18.9. The molecule has 3 aliphatic rings. The van der Waals surface area contributed by atoms with Crippen molar-refractivity contribution < 1.29 is 42.3 Å². The van der Waals surface area contributed by atoms with Gasteiger partial charge < -0.3 is 24.1 Å². The first-order valence-corrected chi connectivity index (χ1v) is 19.2. The van der Waals surface area contributed by atoms with E-state index in [1.54, 1.807) is 42.7 Å². The number of phenols is 1. The first kappa shape index (κ1) is 35.5. The van der Waals surface area contributed by atoms with Gasteiger partial charge in [-0.1, -0.05) is 29.3 Å². The quantitative estimate of drug-likeness (QED) is 0.194. The molecule has 2 saturated carbocycles. The highest BCUT2D eigenvalue weighted by atomic mass is 35.5. The smallest absolute Gasteiger partial charge is 0.338 e. The minimum absolute atomic E-state index is 0.0167. The molecular formula is C35H42Cl2N3O8S+. The minimum Gasteiger partial charge on any atom is -0.504 e. The average molecular weight is 736 g/mol. The second-order valence-corrected chi connectivity index (χ2v) is 15.7. The Morgan fingerprint density at radius 1 is 1.00 bits per heavy atom. The lowest BCUT2D eigenvalue weighted by Gasteiger charge is -2.30. The number of halogens is 2. The maximum atomic E-state index is 13.9. The molecule has 0 bridgehead atoms. The summed E-state index contributed by atoms with van der Waals surface area (Å²) < 4.78 is 51.2. The fourth-order valence-electron chi connectivity index (χ4n) is 5.60. The van der Waals surface area contributed by atoms with Crippen molar-refractivity contribution in [1.29, 1.82) is 0 Å². The summed E-state index contributed by atoms with van der Waals surface area (Å²) in [6, 6.07) is 9.53. The lowest BCUT2D eigenvalue weighted by atomic mass is 10.0. The van der Waals surface area contributed by atoms with Gasteiger partial charge in [0.2, 0.25) is 10.0 Å². The molecule has 264 valence electrons. The zero-order chi connectivity index (χ0) is 34.5. The van der Waals surface area contributed by atoms with Crippen LogP contribution in [0.1, 0.15) is 53.3 Å². The molecule has 3 fully saturated rings. The predicted molar refractivity (Wildman–Crippen MR) is 185 cm³/mol. The van der Waals surface area contributed by atoms with Crippen LogP contribution in [0.5, 0.6) is 17.2 Å². The number of H-pyrrole nitrogens is 1. The number of hydrogen-bond donors (Lipinski definition) is 1. The van der Waals surface area contributed by atoms with Crippen LogP contribution in [0.2, 0.25) is 10.0 Å². The van der Waals surface area contributed by atoms with Crippen LogP contribution in [0.15, 0.2) is 48.8 Å². The molecular weight excluding hydrogens is 693 g/mol. The van der Waals surface area contributed by atoms with Gasteiger partial charge in [0, 0.05) is 38.2 Å². The molecule has 0 amide bonds. The van der Waals surface area contributed by atoms with Gasteiger partial charge in [-0.05, 0) is 73.4 Å². The van der Waals surface area contributed by atoms with Gasteiger partial charge in [-0.2, -0.15) is 0 Å². The maximum absolute atomic E-state index is 13.9. The van der Waals surface area contributed by atoms with Crippen molar-refractivity contribution >= 4 is 44.9 Å². The van der Waals surface area contributed by atoms with Crippen LogP contribution < -0.4 is 18.8 Å². The molecule has 2 aliphatic carbocycles. The molecule has 3 aromatic rings. The number of nitrogens with zero attached hydrogens (tertiary/aromatic N) is 2. The number of aromatic amines is 1. The molecule has 1 saturated heterocycles. The van der Waals surface area contributed by atoms with Crippen molar-refractivity contribution in [1.82, 2.24) is 4.90 Å². The number of carbonyl (C=O) groups is 1. The van der Waals surface area contributed by atoms with Crippen LogP contribution in [0.4, 0.5) is 5.69 Å². The lowest BCUT2D eigenvalue weighted by molar-refractivity contribution is -0.377. The van der Waals surface area contributed by atoms with Gasteiger partial charge in [-0.15, -0.1) is 0 Å². The Morgan fingerprint density at radius 2 is 1.65 bits per heavy atom. The molecule has 0 spiro atoms. The molecule has 6 rings (SSSR count). The number of sulfonamides is 1. The molecule has 0 unspecified atom stereocenters. The average Bonchev–Trinajstić information content (AvgIpc) is 4.01. The van der Waals surface area contributed by atoms with Gasteiger partial charge in [0.1, 0.15) is 21.9 Å². The standard InChI is InChI=1S/C35H41Cl2N3O8S/c1-49(43,44)40(11-10-39-12-14-45-15-13-39)30-8-6-26(17-33(30)46-21-23-2-3-23)35(42)48-32(18-27-28(36)19-38-20-29(27)37)25-7-9-31(41)34(16-25)47-22-24-4-5-24/h6-9,16-17,19-20,23-24,32,41H,2-5,10-15,18,21-22H2,1H3/p+1/t32-/m0/s1. The van der Waals surface area contributed by atoms with Crippen LogP contribution in [-0.2, 0) is 25.9 Å². The summed E-state index contributed by atoms with van der Waals surface area (Å²) in [6.45, 7) is 4.29. The molecule has 2 N–H and O–H groups in total. The third-order valence-corrected chi connectivity index (χ3v) is 10.8. The van der Waals surface area contributed by atoms with E-state index in [9.17, 15) is 18.3 Å². The molecule has 1 atom stereocenters. The molecule has 1 aliphatic heterocycles. The van der Waals surface area contributed by atoms with E-state index in [1.165, 1.54) is 16.6 Å². The number of carbonyl (C=O) groups excluding carboxylic acids is 1. The van der Waals surface area contributed by atoms with Crippen molar-refractivity contribution in [2.75, 3.05) is 63.2 Å². The SMILES string of the molecule is CS(=O)(=O)N(CCN1CCOCC1)c1ccc(C(=O)O[C@@H](Cc2c(Cl)c[nH+]cc2Cl)c2ccc(O)c(OCC3CC3)c2)cc1OCC1CC1. The fourth-order valence-corrected chi connectivity index (χ4v) is 7.05. The fraction of sp³-hybridized carbons (Fsp3) is 0.486. The van der Waals surface area contributed by atoms with E-state index < -0.39 is 22.1 Å². The van der Waals surface area contributed by atoms with E-state index in [4.69, 9.17) is 42.1 Å². The summed E-state index contributed by atoms with van der Waals surface area (Å²) in [5, 5.41) is 11.2. The molecule has 0 radical (unpaired) electrons. The second-order valence-electron chi connectivity index (χ2n) is 12.9. The number of phenolic OH excluding ortho intramolecular Hbond substituents is 1. The number of aromatic hydroxyl groups is 1. The van der Waals surface area contributed by atoms with E-state index in [2.05, 4.69) is 9.88 Å². The normalized spacial score (nSPS) is 17.4. The first-order chi connectivity index (χ1) is 23.5. The maximum Gasteiger partial charge on any atom is 0.338 e. The van der Waals surface area contributed by atoms with Crippen LogP contribution in [0, 0.1) is 11.8 Å². The Hall–Kier alpha value is -3.29. The van der Waals surface area contributed by atoms with Gasteiger partial charge in [-0.3, -0.25) is 9.21 Å². The summed E-state index contributed by atoms with van der Waals surface area (Å²) >= 11 is 13.0. The van der Waals surface area contributed by atoms with Crippen molar-refractivity contribution in [3.63, 3.8) is 0 Å². The van der Waals surface area contributed by atoms with Gasteiger partial charge in [0.15, 0.2) is 23.9 Å². The zero-order valence-electron chi connectivity index (χ0n) is 27.4. The number of pyridine rings is 1. The van der Waals surface area contributed by atoms with E-state index in [1.807, 2.05) is 0 Å². The number of aromatic nitrogens is 1. The number of anilines is 1. The number of ether oxygens (including phenoxy) is 4. The number of nitrogens with one attached hydrogen (secondary N) is 1. The van der Waals surface area contributed by atoms with Crippen molar-refractivity contribution in [2.45, 2.75) is 38.2 Å². The third kappa shape index (κ3) is 9.70. The zero-order valence-corrected chi connectivity index (χ0v) is 29.7. The van der Waals surface area contributed by atoms with Gasteiger partial charge in [0.05, 0.1) is 43.9 Å². The summed E-state index contributed by atoms with van der Waals surface area (Å²) in [5.74, 6) is 0.758. The van der Waals surface area contributed by atoms with Crippen LogP contribution >= 0.6 is 23.2 Å². The summed E-state index contributed by atoms with van der Waals surface area (Å²) in [5.41, 5.74) is 1.69. The molecule has 11 nitrogen and oxygen atoms in total. The summed E-state index contributed by atoms with van der Waals surface area (Å²) in [7, 11) is -3.69. The van der Waals surface area contributed by atoms with Crippen molar-refractivity contribution in [3.8, 4) is 17.2 Å². The Morgan fingerprint density at radius 3 is 2.29 bits per heavy atom. The lowest BCUT2D eigenvalue weighted by Crippen LogP contribution is -2.43. The van der Waals surface area contributed by atoms with E-state index in [0.717, 1.165) is 38.8 Å². The van der Waals surface area contributed by atoms with Crippen LogP contribution in [0.25, 0.3) is 0 Å². The van der Waals surface area contributed by atoms with Gasteiger partial charge >= 0.3 is 5.97 Å². The number of hydrogen-bond acceptors (Lipinski definition) is 9. The highest BCUT2D eigenvalue weighted by Gasteiger charge is 2.29. The highest BCUT2D eigenvalue weighted by molar-refractivity contribution is 7.92. The Bertz CT molecular complexity index is 1730. The Kier molecular flexibility index (Phi) is 11.4. The first-order valence-electron chi connectivity index (χ1n) is 16.6. The number of rotatable bonds is 16. The Labute approximate surface area is 297 Å². The van der Waals surface area contributed by atoms with Crippen LogP contribution in [0.3, 0.4) is 0 Å². The second kappa shape index (κ2) is 15.7. The number of benzene rings is 2. The number of esters is 1. The van der Waals surface area contributed by atoms with Gasteiger partial charge in [-0.25, -0.2) is 18.2 Å². The molecule has 49 heavy (non-hydrogen) atoms. The minimum atomic E-state index is -3.69. The third-order valence-electron chi connectivity index (χ3n) is 8.92.